The normalized spacial score (nSPS) is 18.8. The highest BCUT2D eigenvalue weighted by atomic mass is 32.1. The summed E-state index contributed by atoms with van der Waals surface area (Å²) in [5, 5.41) is 0.973. The molecule has 0 unspecified atom stereocenters. The second-order valence-corrected chi connectivity index (χ2v) is 9.93. The van der Waals surface area contributed by atoms with E-state index in [2.05, 4.69) is 26.9 Å². The van der Waals surface area contributed by atoms with E-state index < -0.39 is 0 Å². The maximum absolute atomic E-state index is 12.9. The first-order chi connectivity index (χ1) is 15.0. The zero-order chi connectivity index (χ0) is 21.8. The number of methoxy groups -OCH3 is 1. The summed E-state index contributed by atoms with van der Waals surface area (Å²) < 4.78 is 5.28. The molecule has 0 spiro atoms. The van der Waals surface area contributed by atoms with Crippen molar-refractivity contribution in [2.24, 2.45) is 5.92 Å². The number of hydrogen-bond acceptors (Lipinski definition) is 6. The monoisotopic (exact) mass is 442 g/mol. The Bertz CT molecular complexity index is 874. The fraction of sp³-hybridized carbons (Fsp3) is 0.583. The average molecular weight is 443 g/mol. The molecule has 7 heteroatoms. The topological polar surface area (TPSA) is 48.9 Å². The van der Waals surface area contributed by atoms with E-state index in [0.717, 1.165) is 80.0 Å². The number of likely N-dealkylation sites (tertiary alicyclic amines) is 1. The first kappa shape index (κ1) is 22.1. The third-order valence-electron chi connectivity index (χ3n) is 6.54. The maximum atomic E-state index is 12.9. The molecule has 31 heavy (non-hydrogen) atoms. The number of carbonyl (C=O) groups is 1. The molecular weight excluding hydrogens is 408 g/mol. The number of benzene rings is 1. The number of amides is 1. The van der Waals surface area contributed by atoms with Crippen LogP contribution in [0, 0.1) is 19.8 Å². The van der Waals surface area contributed by atoms with Gasteiger partial charge in [0.1, 0.15) is 10.6 Å². The van der Waals surface area contributed by atoms with Gasteiger partial charge >= 0.3 is 0 Å². The Morgan fingerprint density at radius 3 is 2.45 bits per heavy atom. The second-order valence-electron chi connectivity index (χ2n) is 8.72. The third kappa shape index (κ3) is 5.39. The Morgan fingerprint density at radius 1 is 1.06 bits per heavy atom. The molecule has 168 valence electrons. The van der Waals surface area contributed by atoms with Gasteiger partial charge in [-0.2, -0.15) is 0 Å². The fourth-order valence-corrected chi connectivity index (χ4v) is 5.65. The molecule has 0 atom stereocenters. The molecule has 2 saturated heterocycles. The molecule has 0 bridgehead atoms. The molecule has 0 radical (unpaired) electrons. The third-order valence-corrected chi connectivity index (χ3v) is 7.60. The van der Waals surface area contributed by atoms with Crippen LogP contribution in [0.3, 0.4) is 0 Å². The lowest BCUT2D eigenvalue weighted by molar-refractivity contribution is 0.0672. The van der Waals surface area contributed by atoms with Gasteiger partial charge in [0, 0.05) is 45.0 Å². The number of nitrogens with zero attached hydrogens (tertiary/aromatic N) is 4. The highest BCUT2D eigenvalue weighted by Crippen LogP contribution is 2.25. The number of anilines is 1. The van der Waals surface area contributed by atoms with Crippen molar-refractivity contribution in [3.05, 3.63) is 39.8 Å². The van der Waals surface area contributed by atoms with Crippen LogP contribution in [0.15, 0.2) is 24.3 Å². The number of aromatic nitrogens is 1. The van der Waals surface area contributed by atoms with E-state index in [0.29, 0.717) is 5.92 Å². The zero-order valence-electron chi connectivity index (χ0n) is 19.0. The first-order valence-electron chi connectivity index (χ1n) is 11.4. The van der Waals surface area contributed by atoms with Crippen LogP contribution in [-0.4, -0.2) is 73.6 Å². The van der Waals surface area contributed by atoms with Gasteiger partial charge in [-0.3, -0.25) is 4.79 Å². The number of aryl methyl sites for hydroxylation is 2. The van der Waals surface area contributed by atoms with E-state index >= 15 is 0 Å². The second kappa shape index (κ2) is 10.0. The van der Waals surface area contributed by atoms with Crippen molar-refractivity contribution in [2.75, 3.05) is 57.8 Å². The molecule has 1 amide bonds. The minimum Gasteiger partial charge on any atom is -0.497 e. The lowest BCUT2D eigenvalue weighted by Crippen LogP contribution is -2.42. The van der Waals surface area contributed by atoms with Crippen LogP contribution in [0.1, 0.15) is 39.6 Å². The number of ether oxygens (including phenoxy) is 1. The van der Waals surface area contributed by atoms with Crippen molar-refractivity contribution in [2.45, 2.75) is 33.1 Å². The molecule has 2 aliphatic rings. The van der Waals surface area contributed by atoms with Gasteiger partial charge in [0.15, 0.2) is 0 Å². The summed E-state index contributed by atoms with van der Waals surface area (Å²) >= 11 is 1.53. The molecule has 4 rings (SSSR count). The summed E-state index contributed by atoms with van der Waals surface area (Å²) in [6.07, 6.45) is 3.38. The molecule has 1 aromatic carbocycles. The highest BCUT2D eigenvalue weighted by Gasteiger charge is 2.27. The molecule has 2 fully saturated rings. The molecule has 2 aromatic rings. The number of piperidine rings is 1. The van der Waals surface area contributed by atoms with Gasteiger partial charge in [0.2, 0.25) is 0 Å². The Morgan fingerprint density at radius 2 is 1.81 bits per heavy atom. The van der Waals surface area contributed by atoms with E-state index in [1.165, 1.54) is 23.4 Å². The molecule has 6 nitrogen and oxygen atoms in total. The van der Waals surface area contributed by atoms with Crippen molar-refractivity contribution in [1.82, 2.24) is 14.8 Å². The van der Waals surface area contributed by atoms with E-state index in [9.17, 15) is 4.79 Å². The Labute approximate surface area is 189 Å². The smallest absolute Gasteiger partial charge is 0.265 e. The SMILES string of the molecule is COc1ccc(N2CCCN(CC3CCN(C(=O)c4sc(C)nc4C)CC3)CC2)cc1. The van der Waals surface area contributed by atoms with Gasteiger partial charge in [-0.15, -0.1) is 11.3 Å². The number of hydrogen-bond donors (Lipinski definition) is 0. The Balaban J connectivity index is 1.25. The minimum absolute atomic E-state index is 0.173. The summed E-state index contributed by atoms with van der Waals surface area (Å²) in [6.45, 7) is 11.2. The summed E-state index contributed by atoms with van der Waals surface area (Å²) in [6, 6.07) is 8.41. The molecule has 1 aromatic heterocycles. The zero-order valence-corrected chi connectivity index (χ0v) is 19.8. The number of rotatable bonds is 5. The molecular formula is C24H34N4O2S. The summed E-state index contributed by atoms with van der Waals surface area (Å²) in [4.78, 5) is 25.2. The standard InChI is InChI=1S/C24H34N4O2S/c1-18-23(31-19(2)25-18)24(29)28-13-9-20(10-14-28)17-26-11-4-12-27(16-15-26)21-5-7-22(30-3)8-6-21/h5-8,20H,4,9-17H2,1-3H3. The van der Waals surface area contributed by atoms with E-state index in [-0.39, 0.29) is 5.91 Å². The van der Waals surface area contributed by atoms with Crippen molar-refractivity contribution in [1.29, 1.82) is 0 Å². The van der Waals surface area contributed by atoms with Gasteiger partial charge in [0.05, 0.1) is 17.8 Å². The fourth-order valence-electron chi connectivity index (χ4n) is 4.76. The van der Waals surface area contributed by atoms with Crippen LogP contribution in [0.4, 0.5) is 5.69 Å². The minimum atomic E-state index is 0.173. The van der Waals surface area contributed by atoms with Gasteiger partial charge < -0.3 is 19.4 Å². The predicted octanol–water partition coefficient (Wildman–Crippen LogP) is 3.83. The van der Waals surface area contributed by atoms with Crippen LogP contribution in [-0.2, 0) is 0 Å². The van der Waals surface area contributed by atoms with Gasteiger partial charge in [-0.25, -0.2) is 4.98 Å². The predicted molar refractivity (Wildman–Crippen MR) is 126 cm³/mol. The van der Waals surface area contributed by atoms with E-state index in [4.69, 9.17) is 4.74 Å². The lowest BCUT2D eigenvalue weighted by Gasteiger charge is -2.34. The Hall–Kier alpha value is -2.12. The van der Waals surface area contributed by atoms with Crippen molar-refractivity contribution >= 4 is 22.9 Å². The summed E-state index contributed by atoms with van der Waals surface area (Å²) in [5.74, 6) is 1.76. The van der Waals surface area contributed by atoms with Crippen molar-refractivity contribution in [3.8, 4) is 5.75 Å². The molecule has 3 heterocycles. The van der Waals surface area contributed by atoms with Gasteiger partial charge in [-0.05, 0) is 69.8 Å². The molecule has 0 saturated carbocycles. The largest absolute Gasteiger partial charge is 0.497 e. The molecule has 0 aliphatic carbocycles. The van der Waals surface area contributed by atoms with Crippen LogP contribution >= 0.6 is 11.3 Å². The van der Waals surface area contributed by atoms with Crippen LogP contribution in [0.25, 0.3) is 0 Å². The van der Waals surface area contributed by atoms with E-state index in [1.54, 1.807) is 7.11 Å². The lowest BCUT2D eigenvalue weighted by atomic mass is 9.96. The van der Waals surface area contributed by atoms with Crippen LogP contribution < -0.4 is 9.64 Å². The Kier molecular flexibility index (Phi) is 7.13. The van der Waals surface area contributed by atoms with E-state index in [1.807, 2.05) is 30.9 Å². The summed E-state index contributed by atoms with van der Waals surface area (Å²) in [5.41, 5.74) is 2.16. The van der Waals surface area contributed by atoms with Gasteiger partial charge in [-0.1, -0.05) is 0 Å². The summed E-state index contributed by atoms with van der Waals surface area (Å²) in [7, 11) is 1.71. The number of carbonyl (C=O) groups excluding carboxylic acids is 1. The molecule has 0 N–H and O–H groups in total. The average Bonchev–Trinajstić information content (AvgIpc) is 2.98. The first-order valence-corrected chi connectivity index (χ1v) is 12.2. The van der Waals surface area contributed by atoms with Crippen molar-refractivity contribution in [3.63, 3.8) is 0 Å². The molecule has 2 aliphatic heterocycles. The quantitative estimate of drug-likeness (QED) is 0.704. The highest BCUT2D eigenvalue weighted by molar-refractivity contribution is 7.13. The maximum Gasteiger partial charge on any atom is 0.265 e. The van der Waals surface area contributed by atoms with Crippen LogP contribution in [0.2, 0.25) is 0 Å². The van der Waals surface area contributed by atoms with Crippen LogP contribution in [0.5, 0.6) is 5.75 Å². The van der Waals surface area contributed by atoms with Gasteiger partial charge in [0.25, 0.3) is 5.91 Å². The number of thiazole rings is 1. The van der Waals surface area contributed by atoms with Crippen molar-refractivity contribution < 1.29 is 9.53 Å².